The monoisotopic (exact) mass is 270 g/mol. The molecule has 0 unspecified atom stereocenters. The second-order valence-electron chi connectivity index (χ2n) is 3.93. The van der Waals surface area contributed by atoms with Crippen LogP contribution in [0, 0.1) is 0 Å². The Morgan fingerprint density at radius 1 is 1.44 bits per heavy atom. The number of carbonyl (C=O) groups excluding carboxylic acids is 1. The molecule has 0 fully saturated rings. The van der Waals surface area contributed by atoms with E-state index < -0.39 is 0 Å². The van der Waals surface area contributed by atoms with Gasteiger partial charge >= 0.3 is 0 Å². The number of pyridine rings is 1. The van der Waals surface area contributed by atoms with Crippen LogP contribution in [0.25, 0.3) is 0 Å². The molecule has 0 aliphatic rings. The Labute approximate surface area is 113 Å². The van der Waals surface area contributed by atoms with Gasteiger partial charge in [-0.15, -0.1) is 0 Å². The van der Waals surface area contributed by atoms with E-state index in [4.69, 9.17) is 16.3 Å². The Bertz CT molecular complexity index is 372. The van der Waals surface area contributed by atoms with E-state index in [0.717, 1.165) is 25.9 Å². The molecular formula is C13H19ClN2O2. The Kier molecular flexibility index (Phi) is 7.37. The van der Waals surface area contributed by atoms with E-state index >= 15 is 0 Å². The van der Waals surface area contributed by atoms with E-state index in [9.17, 15) is 4.79 Å². The van der Waals surface area contributed by atoms with Gasteiger partial charge in [0.25, 0.3) is 5.91 Å². The zero-order chi connectivity index (χ0) is 13.2. The van der Waals surface area contributed by atoms with Gasteiger partial charge in [0.05, 0.1) is 10.6 Å². The van der Waals surface area contributed by atoms with E-state index in [2.05, 4.69) is 17.2 Å². The summed E-state index contributed by atoms with van der Waals surface area (Å²) in [5.41, 5.74) is 0.457. The molecule has 1 aromatic heterocycles. The number of carbonyl (C=O) groups is 1. The summed E-state index contributed by atoms with van der Waals surface area (Å²) < 4.78 is 5.40. The van der Waals surface area contributed by atoms with Crippen LogP contribution >= 0.6 is 11.6 Å². The van der Waals surface area contributed by atoms with Crippen LogP contribution in [0.3, 0.4) is 0 Å². The predicted octanol–water partition coefficient (Wildman–Crippen LogP) is 2.67. The summed E-state index contributed by atoms with van der Waals surface area (Å²) in [6.07, 6.45) is 6.04. The van der Waals surface area contributed by atoms with Gasteiger partial charge in [-0.05, 0) is 18.9 Å². The highest BCUT2D eigenvalue weighted by Gasteiger charge is 2.08. The molecule has 0 saturated carbocycles. The van der Waals surface area contributed by atoms with Crippen LogP contribution in [-0.2, 0) is 4.74 Å². The predicted molar refractivity (Wildman–Crippen MR) is 71.9 cm³/mol. The van der Waals surface area contributed by atoms with Crippen molar-refractivity contribution in [2.45, 2.75) is 26.2 Å². The SMILES string of the molecule is CCCCOCCCNC(=O)c1ccncc1Cl. The summed E-state index contributed by atoms with van der Waals surface area (Å²) >= 11 is 5.87. The minimum absolute atomic E-state index is 0.170. The van der Waals surface area contributed by atoms with Gasteiger partial charge in [0, 0.05) is 32.2 Å². The first-order chi connectivity index (χ1) is 8.75. The van der Waals surface area contributed by atoms with Crippen LogP contribution in [0.4, 0.5) is 0 Å². The van der Waals surface area contributed by atoms with Gasteiger partial charge in [0.1, 0.15) is 0 Å². The molecule has 1 heterocycles. The van der Waals surface area contributed by atoms with Crippen molar-refractivity contribution in [3.63, 3.8) is 0 Å². The van der Waals surface area contributed by atoms with Crippen molar-refractivity contribution < 1.29 is 9.53 Å². The van der Waals surface area contributed by atoms with E-state index in [1.165, 1.54) is 6.20 Å². The van der Waals surface area contributed by atoms with Crippen LogP contribution in [0.2, 0.25) is 5.02 Å². The molecule has 0 bridgehead atoms. The van der Waals surface area contributed by atoms with Crippen LogP contribution in [0.1, 0.15) is 36.5 Å². The van der Waals surface area contributed by atoms with Crippen LogP contribution in [0.5, 0.6) is 0 Å². The third kappa shape index (κ3) is 5.47. The first-order valence-corrected chi connectivity index (χ1v) is 6.59. The van der Waals surface area contributed by atoms with Crippen LogP contribution < -0.4 is 5.32 Å². The van der Waals surface area contributed by atoms with Gasteiger partial charge in [-0.3, -0.25) is 9.78 Å². The van der Waals surface area contributed by atoms with Crippen molar-refractivity contribution in [2.75, 3.05) is 19.8 Å². The van der Waals surface area contributed by atoms with Gasteiger partial charge in [-0.25, -0.2) is 0 Å². The minimum Gasteiger partial charge on any atom is -0.381 e. The molecule has 0 aromatic carbocycles. The molecular weight excluding hydrogens is 252 g/mol. The number of nitrogens with zero attached hydrogens (tertiary/aromatic N) is 1. The van der Waals surface area contributed by atoms with Crippen molar-refractivity contribution in [2.24, 2.45) is 0 Å². The largest absolute Gasteiger partial charge is 0.381 e. The zero-order valence-corrected chi connectivity index (χ0v) is 11.4. The first kappa shape index (κ1) is 14.9. The second-order valence-corrected chi connectivity index (χ2v) is 4.34. The molecule has 0 aliphatic heterocycles. The molecule has 1 rings (SSSR count). The maximum absolute atomic E-state index is 11.7. The van der Waals surface area contributed by atoms with Crippen molar-refractivity contribution in [3.05, 3.63) is 29.0 Å². The standard InChI is InChI=1S/C13H19ClN2O2/c1-2-3-8-18-9-4-6-16-13(17)11-5-7-15-10-12(11)14/h5,7,10H,2-4,6,8-9H2,1H3,(H,16,17). The zero-order valence-electron chi connectivity index (χ0n) is 10.6. The smallest absolute Gasteiger partial charge is 0.252 e. The normalized spacial score (nSPS) is 10.3. The Morgan fingerprint density at radius 2 is 2.22 bits per heavy atom. The lowest BCUT2D eigenvalue weighted by Crippen LogP contribution is -2.25. The average Bonchev–Trinajstić information content (AvgIpc) is 2.38. The molecule has 100 valence electrons. The van der Waals surface area contributed by atoms with E-state index in [-0.39, 0.29) is 5.91 Å². The summed E-state index contributed by atoms with van der Waals surface area (Å²) in [5, 5.41) is 3.17. The molecule has 5 heteroatoms. The van der Waals surface area contributed by atoms with Gasteiger partial charge in [-0.1, -0.05) is 24.9 Å². The molecule has 0 aliphatic carbocycles. The number of nitrogens with one attached hydrogen (secondary N) is 1. The number of rotatable bonds is 8. The summed E-state index contributed by atoms with van der Waals surface area (Å²) in [6, 6.07) is 1.61. The number of aromatic nitrogens is 1. The number of halogens is 1. The van der Waals surface area contributed by atoms with E-state index in [0.29, 0.717) is 23.7 Å². The quantitative estimate of drug-likeness (QED) is 0.739. The fourth-order valence-corrected chi connectivity index (χ4v) is 1.58. The maximum atomic E-state index is 11.7. The maximum Gasteiger partial charge on any atom is 0.252 e. The molecule has 0 spiro atoms. The number of amides is 1. The topological polar surface area (TPSA) is 51.2 Å². The highest BCUT2D eigenvalue weighted by atomic mass is 35.5. The highest BCUT2D eigenvalue weighted by Crippen LogP contribution is 2.12. The fraction of sp³-hybridized carbons (Fsp3) is 0.538. The molecule has 0 saturated heterocycles. The summed E-state index contributed by atoms with van der Waals surface area (Å²) in [5.74, 6) is -0.170. The Balaban J connectivity index is 2.16. The molecule has 1 N–H and O–H groups in total. The average molecular weight is 271 g/mol. The van der Waals surface area contributed by atoms with Gasteiger partial charge in [-0.2, -0.15) is 0 Å². The number of hydrogen-bond donors (Lipinski definition) is 1. The Hall–Kier alpha value is -1.13. The van der Waals surface area contributed by atoms with Gasteiger partial charge in [0.15, 0.2) is 0 Å². The lowest BCUT2D eigenvalue weighted by atomic mass is 10.2. The lowest BCUT2D eigenvalue weighted by Gasteiger charge is -2.06. The molecule has 1 amide bonds. The number of hydrogen-bond acceptors (Lipinski definition) is 3. The third-order valence-electron chi connectivity index (χ3n) is 2.41. The Morgan fingerprint density at radius 3 is 2.94 bits per heavy atom. The van der Waals surface area contributed by atoms with Crippen LogP contribution in [0.15, 0.2) is 18.5 Å². The number of unbranched alkanes of at least 4 members (excludes halogenated alkanes) is 1. The van der Waals surface area contributed by atoms with Gasteiger partial charge < -0.3 is 10.1 Å². The summed E-state index contributed by atoms with van der Waals surface area (Å²) in [6.45, 7) is 4.18. The molecule has 18 heavy (non-hydrogen) atoms. The van der Waals surface area contributed by atoms with E-state index in [1.54, 1.807) is 12.3 Å². The van der Waals surface area contributed by atoms with Crippen molar-refractivity contribution >= 4 is 17.5 Å². The van der Waals surface area contributed by atoms with Gasteiger partial charge in [0.2, 0.25) is 0 Å². The molecule has 4 nitrogen and oxygen atoms in total. The fourth-order valence-electron chi connectivity index (χ4n) is 1.38. The summed E-state index contributed by atoms with van der Waals surface area (Å²) in [4.78, 5) is 15.6. The number of ether oxygens (including phenoxy) is 1. The van der Waals surface area contributed by atoms with E-state index in [1.807, 2.05) is 0 Å². The van der Waals surface area contributed by atoms with Crippen molar-refractivity contribution in [1.29, 1.82) is 0 Å². The van der Waals surface area contributed by atoms with Crippen molar-refractivity contribution in [3.8, 4) is 0 Å². The second kappa shape index (κ2) is 8.89. The van der Waals surface area contributed by atoms with Crippen molar-refractivity contribution in [1.82, 2.24) is 10.3 Å². The molecule has 1 aromatic rings. The molecule has 0 atom stereocenters. The minimum atomic E-state index is -0.170. The molecule has 0 radical (unpaired) electrons. The highest BCUT2D eigenvalue weighted by molar-refractivity contribution is 6.33. The lowest BCUT2D eigenvalue weighted by molar-refractivity contribution is 0.0940. The van der Waals surface area contributed by atoms with Crippen LogP contribution in [-0.4, -0.2) is 30.6 Å². The first-order valence-electron chi connectivity index (χ1n) is 6.21. The third-order valence-corrected chi connectivity index (χ3v) is 2.71. The summed E-state index contributed by atoms with van der Waals surface area (Å²) in [7, 11) is 0.